The number of methoxy groups -OCH3 is 1. The van der Waals surface area contributed by atoms with E-state index in [1.807, 2.05) is 12.3 Å². The summed E-state index contributed by atoms with van der Waals surface area (Å²) < 4.78 is 33.0. The summed E-state index contributed by atoms with van der Waals surface area (Å²) in [7, 11) is -1.78. The molecule has 114 valence electrons. The maximum absolute atomic E-state index is 12.2. The van der Waals surface area contributed by atoms with Crippen molar-refractivity contribution in [3.05, 3.63) is 17.0 Å². The van der Waals surface area contributed by atoms with Crippen molar-refractivity contribution < 1.29 is 13.2 Å². The predicted molar refractivity (Wildman–Crippen MR) is 80.5 cm³/mol. The Morgan fingerprint density at radius 1 is 1.45 bits per heavy atom. The van der Waals surface area contributed by atoms with Crippen molar-refractivity contribution in [3.63, 3.8) is 0 Å². The van der Waals surface area contributed by atoms with E-state index in [0.717, 1.165) is 31.4 Å². The first-order chi connectivity index (χ1) is 9.51. The normalized spacial score (nSPS) is 17.9. The molecule has 0 spiro atoms. The van der Waals surface area contributed by atoms with Gasteiger partial charge in [-0.15, -0.1) is 11.3 Å². The SMILES string of the molecule is CCNCc1csc(S(=O)(=O)NCC2(OC)CCC2)c1. The molecule has 0 bridgehead atoms. The molecule has 0 atom stereocenters. The van der Waals surface area contributed by atoms with E-state index in [2.05, 4.69) is 10.0 Å². The first kappa shape index (κ1) is 15.9. The first-order valence-corrected chi connectivity index (χ1v) is 9.20. The average molecular weight is 318 g/mol. The molecule has 1 heterocycles. The monoisotopic (exact) mass is 318 g/mol. The standard InChI is InChI=1S/C13H22N2O3S2/c1-3-14-8-11-7-12(19-9-11)20(16,17)15-10-13(18-2)5-4-6-13/h7,9,14-15H,3-6,8,10H2,1-2H3. The van der Waals surface area contributed by atoms with Crippen molar-refractivity contribution in [3.8, 4) is 0 Å². The summed E-state index contributed by atoms with van der Waals surface area (Å²) in [4.78, 5) is 0. The molecular formula is C13H22N2O3S2. The second-order valence-electron chi connectivity index (χ2n) is 5.12. The third kappa shape index (κ3) is 3.59. The van der Waals surface area contributed by atoms with Gasteiger partial charge in [0.05, 0.1) is 5.60 Å². The Hall–Kier alpha value is -0.470. The Bertz CT molecular complexity index is 530. The molecule has 0 aliphatic heterocycles. The van der Waals surface area contributed by atoms with Gasteiger partial charge in [0.2, 0.25) is 10.0 Å². The number of sulfonamides is 1. The highest BCUT2D eigenvalue weighted by atomic mass is 32.2. The third-order valence-electron chi connectivity index (χ3n) is 3.76. The second-order valence-corrected chi connectivity index (χ2v) is 8.02. The van der Waals surface area contributed by atoms with E-state index in [-0.39, 0.29) is 5.60 Å². The van der Waals surface area contributed by atoms with Crippen LogP contribution in [0, 0.1) is 0 Å². The maximum atomic E-state index is 12.2. The zero-order chi connectivity index (χ0) is 14.6. The Morgan fingerprint density at radius 3 is 2.75 bits per heavy atom. The van der Waals surface area contributed by atoms with Gasteiger partial charge < -0.3 is 10.1 Å². The van der Waals surface area contributed by atoms with E-state index >= 15 is 0 Å². The molecule has 1 fully saturated rings. The fourth-order valence-electron chi connectivity index (χ4n) is 2.18. The van der Waals surface area contributed by atoms with Crippen LogP contribution in [-0.4, -0.2) is 34.2 Å². The molecule has 1 aliphatic rings. The van der Waals surface area contributed by atoms with Gasteiger partial charge in [-0.3, -0.25) is 0 Å². The van der Waals surface area contributed by atoms with Gasteiger partial charge in [-0.05, 0) is 42.8 Å². The van der Waals surface area contributed by atoms with Crippen LogP contribution < -0.4 is 10.0 Å². The van der Waals surface area contributed by atoms with Crippen LogP contribution in [0.25, 0.3) is 0 Å². The van der Waals surface area contributed by atoms with Gasteiger partial charge in [-0.25, -0.2) is 13.1 Å². The largest absolute Gasteiger partial charge is 0.377 e. The minimum atomic E-state index is -3.42. The highest BCUT2D eigenvalue weighted by molar-refractivity contribution is 7.91. The van der Waals surface area contributed by atoms with Gasteiger partial charge in [-0.2, -0.15) is 0 Å². The van der Waals surface area contributed by atoms with E-state index < -0.39 is 10.0 Å². The van der Waals surface area contributed by atoms with E-state index in [1.165, 1.54) is 11.3 Å². The number of thiophene rings is 1. The Labute approximate surface area is 124 Å². The minimum absolute atomic E-state index is 0.295. The van der Waals surface area contributed by atoms with Crippen LogP contribution >= 0.6 is 11.3 Å². The molecular weight excluding hydrogens is 296 g/mol. The lowest BCUT2D eigenvalue weighted by molar-refractivity contribution is -0.0659. The van der Waals surface area contributed by atoms with Gasteiger partial charge in [-0.1, -0.05) is 6.92 Å². The number of hydrogen-bond acceptors (Lipinski definition) is 5. The molecule has 20 heavy (non-hydrogen) atoms. The lowest BCUT2D eigenvalue weighted by atomic mass is 9.80. The van der Waals surface area contributed by atoms with Crippen LogP contribution in [-0.2, 0) is 21.3 Å². The van der Waals surface area contributed by atoms with E-state index in [4.69, 9.17) is 4.74 Å². The van der Waals surface area contributed by atoms with Gasteiger partial charge >= 0.3 is 0 Å². The molecule has 0 unspecified atom stereocenters. The number of rotatable bonds is 8. The van der Waals surface area contributed by atoms with Crippen molar-refractivity contribution in [2.75, 3.05) is 20.2 Å². The van der Waals surface area contributed by atoms with Gasteiger partial charge in [0.25, 0.3) is 0 Å². The fourth-order valence-corrected chi connectivity index (χ4v) is 4.55. The van der Waals surface area contributed by atoms with Crippen molar-refractivity contribution in [1.29, 1.82) is 0 Å². The quantitative estimate of drug-likeness (QED) is 0.766. The maximum Gasteiger partial charge on any atom is 0.250 e. The zero-order valence-electron chi connectivity index (χ0n) is 11.9. The fraction of sp³-hybridized carbons (Fsp3) is 0.692. The average Bonchev–Trinajstić information content (AvgIpc) is 2.85. The lowest BCUT2D eigenvalue weighted by Gasteiger charge is -2.40. The molecule has 2 rings (SSSR count). The molecule has 1 aliphatic carbocycles. The summed E-state index contributed by atoms with van der Waals surface area (Å²) >= 11 is 1.26. The van der Waals surface area contributed by atoms with E-state index in [1.54, 1.807) is 13.2 Å². The molecule has 0 aromatic carbocycles. The molecule has 1 aromatic heterocycles. The van der Waals surface area contributed by atoms with Crippen molar-refractivity contribution in [2.24, 2.45) is 0 Å². The molecule has 7 heteroatoms. The summed E-state index contributed by atoms with van der Waals surface area (Å²) in [6.45, 7) is 3.94. The third-order valence-corrected chi connectivity index (χ3v) is 6.65. The molecule has 2 N–H and O–H groups in total. The summed E-state index contributed by atoms with van der Waals surface area (Å²) in [5.41, 5.74) is 0.707. The molecule has 1 aromatic rings. The van der Waals surface area contributed by atoms with Crippen LogP contribution in [0.2, 0.25) is 0 Å². The predicted octanol–water partition coefficient (Wildman–Crippen LogP) is 1.70. The molecule has 0 amide bonds. The van der Waals surface area contributed by atoms with Crippen LogP contribution in [0.4, 0.5) is 0 Å². The lowest BCUT2D eigenvalue weighted by Crippen LogP contribution is -2.49. The topological polar surface area (TPSA) is 67.4 Å². The molecule has 1 saturated carbocycles. The van der Waals surface area contributed by atoms with Crippen LogP contribution in [0.5, 0.6) is 0 Å². The van der Waals surface area contributed by atoms with Gasteiger partial charge in [0, 0.05) is 20.2 Å². The number of nitrogens with one attached hydrogen (secondary N) is 2. The van der Waals surface area contributed by atoms with Gasteiger partial charge in [0.1, 0.15) is 4.21 Å². The molecule has 0 saturated heterocycles. The van der Waals surface area contributed by atoms with Gasteiger partial charge in [0.15, 0.2) is 0 Å². The summed E-state index contributed by atoms with van der Waals surface area (Å²) in [6.07, 6.45) is 2.94. The zero-order valence-corrected chi connectivity index (χ0v) is 13.6. The second kappa shape index (κ2) is 6.53. The first-order valence-electron chi connectivity index (χ1n) is 6.84. The van der Waals surface area contributed by atoms with Crippen LogP contribution in [0.1, 0.15) is 31.7 Å². The molecule has 5 nitrogen and oxygen atoms in total. The highest BCUT2D eigenvalue weighted by Crippen LogP contribution is 2.34. The van der Waals surface area contributed by atoms with E-state index in [9.17, 15) is 8.42 Å². The number of ether oxygens (including phenoxy) is 1. The van der Waals surface area contributed by atoms with Crippen LogP contribution in [0.15, 0.2) is 15.7 Å². The van der Waals surface area contributed by atoms with Crippen LogP contribution in [0.3, 0.4) is 0 Å². The highest BCUT2D eigenvalue weighted by Gasteiger charge is 2.38. The van der Waals surface area contributed by atoms with Crippen molar-refractivity contribution in [2.45, 2.75) is 42.5 Å². The minimum Gasteiger partial charge on any atom is -0.377 e. The van der Waals surface area contributed by atoms with Crippen molar-refractivity contribution >= 4 is 21.4 Å². The van der Waals surface area contributed by atoms with Crippen molar-refractivity contribution in [1.82, 2.24) is 10.0 Å². The van der Waals surface area contributed by atoms with E-state index in [0.29, 0.717) is 17.3 Å². The Kier molecular flexibility index (Phi) is 5.19. The summed E-state index contributed by atoms with van der Waals surface area (Å²) in [5.74, 6) is 0. The summed E-state index contributed by atoms with van der Waals surface area (Å²) in [6, 6.07) is 1.73. The summed E-state index contributed by atoms with van der Waals surface area (Å²) in [5, 5.41) is 5.07. The smallest absolute Gasteiger partial charge is 0.250 e. The molecule has 0 radical (unpaired) electrons. The number of hydrogen-bond donors (Lipinski definition) is 2. The Morgan fingerprint density at radius 2 is 2.20 bits per heavy atom. The Balaban J connectivity index is 1.97.